The van der Waals surface area contributed by atoms with Crippen LogP contribution in [0.5, 0.6) is 0 Å². The van der Waals surface area contributed by atoms with Gasteiger partial charge < -0.3 is 14.8 Å². The Morgan fingerprint density at radius 1 is 1.69 bits per heavy atom. The molecule has 0 bridgehead atoms. The molecule has 1 aromatic heterocycles. The lowest BCUT2D eigenvalue weighted by Crippen LogP contribution is -2.42. The summed E-state index contributed by atoms with van der Waals surface area (Å²) in [6.07, 6.45) is 2.90. The van der Waals surface area contributed by atoms with Gasteiger partial charge in [0.2, 0.25) is 0 Å². The van der Waals surface area contributed by atoms with E-state index < -0.39 is 0 Å². The van der Waals surface area contributed by atoms with Crippen LogP contribution in [0.2, 0.25) is 0 Å². The molecule has 1 saturated heterocycles. The molecule has 2 rings (SSSR count). The Hall–Kier alpha value is -0.490. The summed E-state index contributed by atoms with van der Waals surface area (Å²) >= 11 is 1.73. The molecule has 1 aliphatic heterocycles. The Bertz CT molecular complexity index is 334. The second-order valence-corrected chi connectivity index (χ2v) is 5.46. The van der Waals surface area contributed by atoms with E-state index in [1.807, 2.05) is 13.1 Å². The van der Waals surface area contributed by atoms with Crippen LogP contribution in [0.3, 0.4) is 0 Å². The summed E-state index contributed by atoms with van der Waals surface area (Å²) in [4.78, 5) is 5.49. The number of aromatic nitrogens is 1. The Morgan fingerprint density at radius 2 is 2.56 bits per heavy atom. The maximum Gasteiger partial charge on any atom is 0.106 e. The highest BCUT2D eigenvalue weighted by Crippen LogP contribution is 2.21. The minimum absolute atomic E-state index is 0.125. The molecule has 0 aliphatic carbocycles. The van der Waals surface area contributed by atoms with E-state index in [1.165, 1.54) is 4.88 Å². The Morgan fingerprint density at radius 3 is 3.12 bits per heavy atom. The van der Waals surface area contributed by atoms with Gasteiger partial charge in [0, 0.05) is 44.3 Å². The van der Waals surface area contributed by atoms with Gasteiger partial charge >= 0.3 is 0 Å². The third kappa shape index (κ3) is 2.79. The lowest BCUT2D eigenvalue weighted by atomic mass is 10.0. The van der Waals surface area contributed by atoms with Crippen molar-refractivity contribution in [2.45, 2.75) is 25.5 Å². The molecule has 2 heterocycles. The fourth-order valence-electron chi connectivity index (χ4n) is 1.86. The predicted molar refractivity (Wildman–Crippen MR) is 63.7 cm³/mol. The zero-order chi connectivity index (χ0) is 11.4. The number of rotatable bonds is 5. The topological polar surface area (TPSA) is 43.4 Å². The van der Waals surface area contributed by atoms with Gasteiger partial charge in [0.05, 0.1) is 11.6 Å². The predicted octanol–water partition coefficient (Wildman–Crippen LogP) is 1.35. The van der Waals surface area contributed by atoms with Crippen molar-refractivity contribution in [3.63, 3.8) is 0 Å². The van der Waals surface area contributed by atoms with Crippen molar-refractivity contribution in [2.24, 2.45) is 0 Å². The first kappa shape index (κ1) is 12.0. The van der Waals surface area contributed by atoms with Crippen LogP contribution in [0.15, 0.2) is 6.20 Å². The smallest absolute Gasteiger partial charge is 0.106 e. The Balaban J connectivity index is 1.78. The molecule has 1 fully saturated rings. The van der Waals surface area contributed by atoms with Crippen molar-refractivity contribution in [1.82, 2.24) is 10.3 Å². The highest BCUT2D eigenvalue weighted by molar-refractivity contribution is 7.11. The molecule has 1 N–H and O–H groups in total. The molecule has 1 aliphatic rings. The van der Waals surface area contributed by atoms with Crippen LogP contribution >= 0.6 is 11.3 Å². The first-order chi connectivity index (χ1) is 7.74. The summed E-state index contributed by atoms with van der Waals surface area (Å²) in [6, 6.07) is 0. The summed E-state index contributed by atoms with van der Waals surface area (Å²) in [5.74, 6) is 0. The summed E-state index contributed by atoms with van der Waals surface area (Å²) < 4.78 is 10.9. The number of ether oxygens (including phenoxy) is 2. The lowest BCUT2D eigenvalue weighted by Gasteiger charge is -2.25. The minimum atomic E-state index is -0.125. The molecule has 4 nitrogen and oxygen atoms in total. The van der Waals surface area contributed by atoms with E-state index >= 15 is 0 Å². The summed E-state index contributed by atoms with van der Waals surface area (Å²) in [5, 5.41) is 4.53. The monoisotopic (exact) mass is 242 g/mol. The maximum atomic E-state index is 5.54. The molecule has 1 aromatic rings. The summed E-state index contributed by atoms with van der Waals surface area (Å²) in [6.45, 7) is 5.21. The molecular formula is C11H18N2O2S. The zero-order valence-electron chi connectivity index (χ0n) is 9.78. The molecule has 0 radical (unpaired) electrons. The number of hydrogen-bond donors (Lipinski definition) is 1. The minimum Gasteiger partial charge on any atom is -0.378 e. The third-order valence-electron chi connectivity index (χ3n) is 2.92. The van der Waals surface area contributed by atoms with Gasteiger partial charge in [0.15, 0.2) is 0 Å². The maximum absolute atomic E-state index is 5.54. The molecule has 16 heavy (non-hydrogen) atoms. The number of nitrogens with one attached hydrogen (secondary N) is 1. The van der Waals surface area contributed by atoms with Crippen LogP contribution in [0.4, 0.5) is 0 Å². The molecule has 0 amide bonds. The molecule has 5 heteroatoms. The average molecular weight is 242 g/mol. The molecule has 1 unspecified atom stereocenters. The van der Waals surface area contributed by atoms with Crippen LogP contribution in [-0.4, -0.2) is 37.5 Å². The fraction of sp³-hybridized carbons (Fsp3) is 0.727. The number of thiazole rings is 1. The number of nitrogens with zero attached hydrogens (tertiary/aromatic N) is 1. The van der Waals surface area contributed by atoms with Gasteiger partial charge in [-0.05, 0) is 6.92 Å². The molecule has 90 valence electrons. The van der Waals surface area contributed by atoms with E-state index in [9.17, 15) is 0 Å². The quantitative estimate of drug-likeness (QED) is 0.846. The van der Waals surface area contributed by atoms with E-state index in [-0.39, 0.29) is 5.60 Å². The van der Waals surface area contributed by atoms with E-state index in [0.29, 0.717) is 6.61 Å². The van der Waals surface area contributed by atoms with E-state index in [0.717, 1.165) is 31.1 Å². The molecule has 0 spiro atoms. The number of hydrogen-bond acceptors (Lipinski definition) is 5. The third-order valence-corrected chi connectivity index (χ3v) is 3.83. The second kappa shape index (κ2) is 5.23. The van der Waals surface area contributed by atoms with Crippen molar-refractivity contribution in [3.05, 3.63) is 16.1 Å². The van der Waals surface area contributed by atoms with Gasteiger partial charge in [0.1, 0.15) is 5.60 Å². The molecule has 0 aromatic carbocycles. The van der Waals surface area contributed by atoms with Gasteiger partial charge in [-0.3, -0.25) is 0 Å². The van der Waals surface area contributed by atoms with Gasteiger partial charge in [-0.2, -0.15) is 0 Å². The molecular weight excluding hydrogens is 224 g/mol. The van der Waals surface area contributed by atoms with E-state index in [2.05, 4.69) is 10.3 Å². The van der Waals surface area contributed by atoms with Crippen LogP contribution in [0.25, 0.3) is 0 Å². The average Bonchev–Trinajstić information content (AvgIpc) is 2.89. The number of aryl methyl sites for hydroxylation is 1. The molecule has 1 atom stereocenters. The van der Waals surface area contributed by atoms with Gasteiger partial charge in [-0.1, -0.05) is 0 Å². The van der Waals surface area contributed by atoms with Crippen molar-refractivity contribution >= 4 is 11.3 Å². The second-order valence-electron chi connectivity index (χ2n) is 4.14. The standard InChI is InChI=1S/C11H18N2O2S/c1-9-13-6-10(16-9)5-12-7-11(14-2)3-4-15-8-11/h6,12H,3-5,7-8H2,1-2H3. The van der Waals surface area contributed by atoms with E-state index in [4.69, 9.17) is 9.47 Å². The van der Waals surface area contributed by atoms with Crippen molar-refractivity contribution in [2.75, 3.05) is 26.9 Å². The largest absolute Gasteiger partial charge is 0.378 e. The van der Waals surface area contributed by atoms with Crippen molar-refractivity contribution in [1.29, 1.82) is 0 Å². The summed E-state index contributed by atoms with van der Waals surface area (Å²) in [7, 11) is 1.76. The Labute approximate surface area is 100.0 Å². The molecule has 0 saturated carbocycles. The SMILES string of the molecule is COC1(CNCc2cnc(C)s2)CCOC1. The van der Waals surface area contributed by atoms with Crippen LogP contribution in [-0.2, 0) is 16.0 Å². The van der Waals surface area contributed by atoms with Gasteiger partial charge in [-0.25, -0.2) is 4.98 Å². The Kier molecular flexibility index (Phi) is 3.91. The van der Waals surface area contributed by atoms with E-state index in [1.54, 1.807) is 18.4 Å². The van der Waals surface area contributed by atoms with Crippen molar-refractivity contribution in [3.8, 4) is 0 Å². The van der Waals surface area contributed by atoms with Crippen molar-refractivity contribution < 1.29 is 9.47 Å². The highest BCUT2D eigenvalue weighted by atomic mass is 32.1. The van der Waals surface area contributed by atoms with Gasteiger partial charge in [0.25, 0.3) is 0 Å². The lowest BCUT2D eigenvalue weighted by molar-refractivity contribution is -0.0159. The van der Waals surface area contributed by atoms with Gasteiger partial charge in [-0.15, -0.1) is 11.3 Å². The normalized spacial score (nSPS) is 25.1. The highest BCUT2D eigenvalue weighted by Gasteiger charge is 2.34. The number of methoxy groups -OCH3 is 1. The van der Waals surface area contributed by atoms with Crippen LogP contribution < -0.4 is 5.32 Å². The van der Waals surface area contributed by atoms with Crippen LogP contribution in [0, 0.1) is 6.92 Å². The first-order valence-corrected chi connectivity index (χ1v) is 6.31. The zero-order valence-corrected chi connectivity index (χ0v) is 10.6. The fourth-order valence-corrected chi connectivity index (χ4v) is 2.63. The van der Waals surface area contributed by atoms with Crippen LogP contribution in [0.1, 0.15) is 16.3 Å². The summed E-state index contributed by atoms with van der Waals surface area (Å²) in [5.41, 5.74) is -0.125. The first-order valence-electron chi connectivity index (χ1n) is 5.49.